The summed E-state index contributed by atoms with van der Waals surface area (Å²) < 4.78 is 0.556. The Labute approximate surface area is 113 Å². The molecule has 0 saturated heterocycles. The highest BCUT2D eigenvalue weighted by Gasteiger charge is 2.29. The maximum Gasteiger partial charge on any atom is 0.493 e. The molecule has 0 spiro atoms. The predicted octanol–water partition coefficient (Wildman–Crippen LogP) is -0.0309. The molecule has 0 aliphatic rings. The van der Waals surface area contributed by atoms with E-state index in [1.807, 2.05) is 0 Å². The average Bonchev–Trinajstić information content (AvgIpc) is 2.80. The summed E-state index contributed by atoms with van der Waals surface area (Å²) in [4.78, 5) is 36.0. The Kier molecular flexibility index (Phi) is 3.11. The van der Waals surface area contributed by atoms with Crippen molar-refractivity contribution in [2.75, 3.05) is 5.73 Å². The Morgan fingerprint density at radius 1 is 1.10 bits per heavy atom. The minimum atomic E-state index is -0.956. The van der Waals surface area contributed by atoms with E-state index >= 15 is 0 Å². The third kappa shape index (κ3) is 2.39. The molecule has 2 heterocycles. The van der Waals surface area contributed by atoms with Gasteiger partial charge < -0.3 is 15.8 Å². The molecular weight excluding hydrogens is 292 g/mol. The molecule has 2 N–H and O–H groups in total. The molecule has 0 amide bonds. The molecule has 14 heteroatoms. The van der Waals surface area contributed by atoms with Crippen LogP contribution in [0.15, 0.2) is 12.3 Å². The second kappa shape index (κ2) is 4.76. The number of nitrogens with two attached hydrogens (primary N) is 1. The van der Waals surface area contributed by atoms with Crippen molar-refractivity contribution < 1.29 is 14.8 Å². The van der Waals surface area contributed by atoms with Crippen LogP contribution < -0.4 is 5.73 Å². The van der Waals surface area contributed by atoms with Crippen molar-refractivity contribution in [3.8, 4) is 5.82 Å². The number of nitro groups is 3. The average molecular weight is 296 g/mol. The SMILES string of the molecule is Nc1nc([N+](=O)[O-])nn1-c1ncc([N+](=O)[O-])cc1[N+](=O)[O-]. The number of pyridine rings is 1. The number of nitrogens with zero attached hydrogens (tertiary/aromatic N) is 7. The van der Waals surface area contributed by atoms with Gasteiger partial charge in [0.05, 0.1) is 15.9 Å². The van der Waals surface area contributed by atoms with Gasteiger partial charge in [0, 0.05) is 5.10 Å². The molecule has 0 bridgehead atoms. The summed E-state index contributed by atoms with van der Waals surface area (Å²) in [7, 11) is 0. The lowest BCUT2D eigenvalue weighted by Gasteiger charge is -1.99. The van der Waals surface area contributed by atoms with Gasteiger partial charge in [-0.05, 0) is 9.91 Å². The van der Waals surface area contributed by atoms with Crippen LogP contribution in [-0.2, 0) is 0 Å². The number of nitrogen functional groups attached to an aromatic ring is 1. The first-order chi connectivity index (χ1) is 9.81. The zero-order chi connectivity index (χ0) is 15.7. The molecule has 0 aliphatic heterocycles. The molecule has 2 aromatic rings. The van der Waals surface area contributed by atoms with Gasteiger partial charge in [0.1, 0.15) is 6.20 Å². The van der Waals surface area contributed by atoms with E-state index in [2.05, 4.69) is 15.1 Å². The van der Waals surface area contributed by atoms with Crippen molar-refractivity contribution in [1.29, 1.82) is 0 Å². The number of hydrogen-bond donors (Lipinski definition) is 1. The molecule has 0 saturated carbocycles. The fourth-order valence-corrected chi connectivity index (χ4v) is 1.38. The summed E-state index contributed by atoms with van der Waals surface area (Å²) in [6.45, 7) is 0. The first-order valence-corrected chi connectivity index (χ1v) is 4.97. The van der Waals surface area contributed by atoms with Gasteiger partial charge in [0.25, 0.3) is 11.5 Å². The van der Waals surface area contributed by atoms with Crippen LogP contribution in [0.2, 0.25) is 0 Å². The Morgan fingerprint density at radius 3 is 2.24 bits per heavy atom. The molecule has 21 heavy (non-hydrogen) atoms. The number of hydrogen-bond acceptors (Lipinski definition) is 10. The molecule has 0 radical (unpaired) electrons. The van der Waals surface area contributed by atoms with Crippen molar-refractivity contribution >= 4 is 23.3 Å². The lowest BCUT2D eigenvalue weighted by Crippen LogP contribution is -2.08. The first kappa shape index (κ1) is 13.7. The fourth-order valence-electron chi connectivity index (χ4n) is 1.38. The highest BCUT2D eigenvalue weighted by atomic mass is 16.6. The van der Waals surface area contributed by atoms with Crippen LogP contribution in [0.1, 0.15) is 0 Å². The second-order valence-corrected chi connectivity index (χ2v) is 3.49. The monoisotopic (exact) mass is 296 g/mol. The van der Waals surface area contributed by atoms with Crippen molar-refractivity contribution in [1.82, 2.24) is 19.7 Å². The van der Waals surface area contributed by atoms with E-state index in [1.54, 1.807) is 0 Å². The minimum absolute atomic E-state index is 0.522. The van der Waals surface area contributed by atoms with E-state index in [-0.39, 0.29) is 0 Å². The molecule has 0 aromatic carbocycles. The van der Waals surface area contributed by atoms with Gasteiger partial charge >= 0.3 is 17.6 Å². The van der Waals surface area contributed by atoms with E-state index in [9.17, 15) is 30.3 Å². The Bertz CT molecular complexity index is 768. The van der Waals surface area contributed by atoms with E-state index in [0.717, 1.165) is 6.20 Å². The lowest BCUT2D eigenvalue weighted by molar-refractivity contribution is -0.395. The summed E-state index contributed by atoms with van der Waals surface area (Å²) in [5, 5.41) is 35.4. The van der Waals surface area contributed by atoms with Crippen LogP contribution in [0.4, 0.5) is 23.3 Å². The van der Waals surface area contributed by atoms with Crippen LogP contribution in [0.25, 0.3) is 5.82 Å². The summed E-state index contributed by atoms with van der Waals surface area (Å²) >= 11 is 0. The highest BCUT2D eigenvalue weighted by molar-refractivity contribution is 5.54. The standard InChI is InChI=1S/C7H4N8O6/c8-6-10-7(15(20)21)11-12(6)5-4(14(18)19)1-3(2-9-5)13(16)17/h1-2H,(H2,8,10,11). The van der Waals surface area contributed by atoms with Crippen LogP contribution >= 0.6 is 0 Å². The van der Waals surface area contributed by atoms with Gasteiger partial charge in [-0.25, -0.2) is 4.98 Å². The molecular formula is C7H4N8O6. The van der Waals surface area contributed by atoms with Crippen molar-refractivity contribution in [2.45, 2.75) is 0 Å². The second-order valence-electron chi connectivity index (χ2n) is 3.49. The van der Waals surface area contributed by atoms with Gasteiger partial charge in [-0.15, -0.1) is 0 Å². The highest BCUT2D eigenvalue weighted by Crippen LogP contribution is 2.26. The smallest absolute Gasteiger partial charge is 0.390 e. The molecule has 2 rings (SSSR count). The molecule has 108 valence electrons. The maximum atomic E-state index is 10.9. The molecule has 2 aromatic heterocycles. The zero-order valence-corrected chi connectivity index (χ0v) is 9.81. The summed E-state index contributed by atoms with van der Waals surface area (Å²) in [6.07, 6.45) is 0.731. The molecule has 14 nitrogen and oxygen atoms in total. The predicted molar refractivity (Wildman–Crippen MR) is 63.5 cm³/mol. The minimum Gasteiger partial charge on any atom is -0.390 e. The molecule has 0 atom stereocenters. The molecule has 0 aliphatic carbocycles. The van der Waals surface area contributed by atoms with Crippen LogP contribution in [-0.4, -0.2) is 34.5 Å². The number of anilines is 1. The molecule has 0 fully saturated rings. The summed E-state index contributed by atoms with van der Waals surface area (Å²) in [5.74, 6) is -1.93. The van der Waals surface area contributed by atoms with Crippen molar-refractivity contribution in [3.63, 3.8) is 0 Å². The van der Waals surface area contributed by atoms with Gasteiger partial charge in [-0.3, -0.25) is 20.2 Å². The van der Waals surface area contributed by atoms with E-state index in [1.165, 1.54) is 0 Å². The van der Waals surface area contributed by atoms with Gasteiger partial charge in [0.2, 0.25) is 0 Å². The Balaban J connectivity index is 2.66. The third-order valence-corrected chi connectivity index (χ3v) is 2.23. The topological polar surface area (TPSA) is 199 Å². The van der Waals surface area contributed by atoms with E-state index in [0.29, 0.717) is 10.7 Å². The third-order valence-electron chi connectivity index (χ3n) is 2.23. The van der Waals surface area contributed by atoms with Gasteiger partial charge in [0.15, 0.2) is 0 Å². The number of rotatable bonds is 4. The van der Waals surface area contributed by atoms with E-state index < -0.39 is 43.9 Å². The first-order valence-electron chi connectivity index (χ1n) is 4.97. The van der Waals surface area contributed by atoms with Crippen molar-refractivity contribution in [3.05, 3.63) is 42.6 Å². The lowest BCUT2D eigenvalue weighted by atomic mass is 10.3. The summed E-state index contributed by atoms with van der Waals surface area (Å²) in [5.41, 5.74) is 3.94. The Morgan fingerprint density at radius 2 is 1.76 bits per heavy atom. The summed E-state index contributed by atoms with van der Waals surface area (Å²) in [6, 6.07) is 0.634. The van der Waals surface area contributed by atoms with Crippen molar-refractivity contribution in [2.24, 2.45) is 0 Å². The largest absolute Gasteiger partial charge is 0.493 e. The maximum absolute atomic E-state index is 10.9. The van der Waals surface area contributed by atoms with Crippen LogP contribution in [0.3, 0.4) is 0 Å². The van der Waals surface area contributed by atoms with Gasteiger partial charge in [-0.2, -0.15) is 0 Å². The number of aromatic nitrogens is 4. The fraction of sp³-hybridized carbons (Fsp3) is 0. The van der Waals surface area contributed by atoms with Crippen LogP contribution in [0.5, 0.6) is 0 Å². The van der Waals surface area contributed by atoms with Gasteiger partial charge in [-0.1, -0.05) is 4.68 Å². The quantitative estimate of drug-likeness (QED) is 0.589. The normalized spacial score (nSPS) is 10.3. The zero-order valence-electron chi connectivity index (χ0n) is 9.81. The van der Waals surface area contributed by atoms with Crippen LogP contribution in [0, 0.1) is 30.3 Å². The Hall–Kier alpha value is -3.71. The molecule has 0 unspecified atom stereocenters. The van der Waals surface area contributed by atoms with E-state index in [4.69, 9.17) is 5.73 Å².